The highest BCUT2D eigenvalue weighted by Crippen LogP contribution is 2.34. The molecule has 1 saturated carbocycles. The maximum absolute atomic E-state index is 12.3. The maximum Gasteiger partial charge on any atom is 0.240 e. The minimum absolute atomic E-state index is 0.114. The standard InChI is InChI=1S/C17H24N2O3/c1-11-6-8-12(9-7-11)18-15(20)10-19-16(21)13-4-2-3-5-14(13)17(19)22/h2-3,11-14H,4-10H2,1H3,(H,18,20)/t11?,12?,13-,14-/m0/s1. The molecule has 5 heteroatoms. The molecule has 0 aromatic rings. The van der Waals surface area contributed by atoms with Gasteiger partial charge < -0.3 is 5.32 Å². The number of carbonyl (C=O) groups excluding carboxylic acids is 3. The van der Waals surface area contributed by atoms with Gasteiger partial charge in [0.05, 0.1) is 11.8 Å². The molecular formula is C17H24N2O3. The zero-order valence-electron chi connectivity index (χ0n) is 13.1. The molecule has 1 heterocycles. The summed E-state index contributed by atoms with van der Waals surface area (Å²) in [6.07, 6.45) is 9.39. The van der Waals surface area contributed by atoms with Gasteiger partial charge in [-0.2, -0.15) is 0 Å². The molecule has 0 unspecified atom stereocenters. The highest BCUT2D eigenvalue weighted by Gasteiger charge is 2.47. The topological polar surface area (TPSA) is 66.5 Å². The second-order valence-corrected chi connectivity index (χ2v) is 6.94. The summed E-state index contributed by atoms with van der Waals surface area (Å²) in [5.74, 6) is -0.321. The van der Waals surface area contributed by atoms with Gasteiger partial charge in [-0.25, -0.2) is 0 Å². The Hall–Kier alpha value is -1.65. The summed E-state index contributed by atoms with van der Waals surface area (Å²) in [6.45, 7) is 2.12. The fourth-order valence-corrected chi connectivity index (χ4v) is 3.85. The van der Waals surface area contributed by atoms with E-state index in [2.05, 4.69) is 12.2 Å². The van der Waals surface area contributed by atoms with Gasteiger partial charge in [-0.1, -0.05) is 19.1 Å². The number of amides is 3. The van der Waals surface area contributed by atoms with Crippen LogP contribution in [0.15, 0.2) is 12.2 Å². The molecule has 0 aromatic heterocycles. The van der Waals surface area contributed by atoms with Gasteiger partial charge in [0.2, 0.25) is 17.7 Å². The van der Waals surface area contributed by atoms with Gasteiger partial charge in [-0.3, -0.25) is 19.3 Å². The second-order valence-electron chi connectivity index (χ2n) is 6.94. The molecule has 0 bridgehead atoms. The minimum atomic E-state index is -0.249. The van der Waals surface area contributed by atoms with Crippen LogP contribution >= 0.6 is 0 Å². The van der Waals surface area contributed by atoms with E-state index in [1.165, 1.54) is 4.90 Å². The Labute approximate surface area is 131 Å². The summed E-state index contributed by atoms with van der Waals surface area (Å²) in [5.41, 5.74) is 0. The van der Waals surface area contributed by atoms with Gasteiger partial charge in [0.1, 0.15) is 6.54 Å². The number of nitrogens with zero attached hydrogens (tertiary/aromatic N) is 1. The Balaban J connectivity index is 1.55. The first-order chi connectivity index (χ1) is 10.6. The third-order valence-electron chi connectivity index (χ3n) is 5.28. The van der Waals surface area contributed by atoms with E-state index in [9.17, 15) is 14.4 Å². The molecule has 2 aliphatic carbocycles. The summed E-state index contributed by atoms with van der Waals surface area (Å²) >= 11 is 0. The molecule has 1 aliphatic heterocycles. The van der Waals surface area contributed by atoms with Crippen LogP contribution in [0.3, 0.4) is 0 Å². The Kier molecular flexibility index (Phi) is 4.32. The summed E-state index contributed by atoms with van der Waals surface area (Å²) in [6, 6.07) is 0.195. The fourth-order valence-electron chi connectivity index (χ4n) is 3.85. The van der Waals surface area contributed by atoms with Crippen molar-refractivity contribution in [3.8, 4) is 0 Å². The van der Waals surface area contributed by atoms with E-state index >= 15 is 0 Å². The fraction of sp³-hybridized carbons (Fsp3) is 0.706. The van der Waals surface area contributed by atoms with Crippen LogP contribution in [0.5, 0.6) is 0 Å². The molecule has 2 atom stereocenters. The van der Waals surface area contributed by atoms with E-state index in [-0.39, 0.29) is 42.1 Å². The van der Waals surface area contributed by atoms with E-state index in [4.69, 9.17) is 0 Å². The second kappa shape index (κ2) is 6.23. The molecule has 5 nitrogen and oxygen atoms in total. The minimum Gasteiger partial charge on any atom is -0.352 e. The van der Waals surface area contributed by atoms with Crippen molar-refractivity contribution in [2.75, 3.05) is 6.54 Å². The normalized spacial score (nSPS) is 34.7. The monoisotopic (exact) mass is 304 g/mol. The van der Waals surface area contributed by atoms with Crippen molar-refractivity contribution in [2.45, 2.75) is 51.5 Å². The van der Waals surface area contributed by atoms with Crippen molar-refractivity contribution < 1.29 is 14.4 Å². The van der Waals surface area contributed by atoms with Crippen LogP contribution in [0.2, 0.25) is 0 Å². The molecule has 120 valence electrons. The van der Waals surface area contributed by atoms with E-state index < -0.39 is 0 Å². The highest BCUT2D eigenvalue weighted by atomic mass is 16.2. The van der Waals surface area contributed by atoms with Crippen molar-refractivity contribution in [1.29, 1.82) is 0 Å². The third-order valence-corrected chi connectivity index (χ3v) is 5.28. The predicted octanol–water partition coefficient (Wildman–Crippen LogP) is 1.63. The van der Waals surface area contributed by atoms with Crippen molar-refractivity contribution in [2.24, 2.45) is 17.8 Å². The van der Waals surface area contributed by atoms with Crippen LogP contribution in [0.4, 0.5) is 0 Å². The SMILES string of the molecule is CC1CCC(NC(=O)CN2C(=O)[C@H]3CC=CC[C@@H]3C2=O)CC1. The third kappa shape index (κ3) is 2.94. The number of carbonyl (C=O) groups is 3. The van der Waals surface area contributed by atoms with Crippen molar-refractivity contribution in [1.82, 2.24) is 10.2 Å². The molecule has 3 amide bonds. The van der Waals surface area contributed by atoms with Crippen LogP contribution in [0.25, 0.3) is 0 Å². The first-order valence-corrected chi connectivity index (χ1v) is 8.36. The number of rotatable bonds is 3. The molecule has 2 fully saturated rings. The zero-order chi connectivity index (χ0) is 15.7. The summed E-state index contributed by atoms with van der Waals surface area (Å²) in [4.78, 5) is 38.0. The van der Waals surface area contributed by atoms with Gasteiger partial charge in [-0.15, -0.1) is 0 Å². The predicted molar refractivity (Wildman–Crippen MR) is 81.6 cm³/mol. The van der Waals surface area contributed by atoms with E-state index in [0.29, 0.717) is 12.8 Å². The lowest BCUT2D eigenvalue weighted by atomic mass is 9.85. The van der Waals surface area contributed by atoms with Crippen LogP contribution in [0.1, 0.15) is 45.4 Å². The number of nitrogens with one attached hydrogen (secondary N) is 1. The van der Waals surface area contributed by atoms with E-state index in [0.717, 1.165) is 31.6 Å². The smallest absolute Gasteiger partial charge is 0.240 e. The molecule has 22 heavy (non-hydrogen) atoms. The van der Waals surface area contributed by atoms with Crippen molar-refractivity contribution >= 4 is 17.7 Å². The molecule has 0 aromatic carbocycles. The summed E-state index contributed by atoms with van der Waals surface area (Å²) in [7, 11) is 0. The van der Waals surface area contributed by atoms with Gasteiger partial charge in [0.25, 0.3) is 0 Å². The first kappa shape index (κ1) is 15.3. The molecule has 1 N–H and O–H groups in total. The van der Waals surface area contributed by atoms with Crippen molar-refractivity contribution in [3.05, 3.63) is 12.2 Å². The zero-order valence-corrected chi connectivity index (χ0v) is 13.1. The molecule has 1 saturated heterocycles. The number of hydrogen-bond acceptors (Lipinski definition) is 3. The number of likely N-dealkylation sites (tertiary alicyclic amines) is 1. The highest BCUT2D eigenvalue weighted by molar-refractivity contribution is 6.07. The van der Waals surface area contributed by atoms with E-state index in [1.54, 1.807) is 0 Å². The average Bonchev–Trinajstić information content (AvgIpc) is 2.75. The molecule has 0 radical (unpaired) electrons. The lowest BCUT2D eigenvalue weighted by molar-refractivity contribution is -0.143. The van der Waals surface area contributed by atoms with Gasteiger partial charge in [-0.05, 0) is 44.4 Å². The van der Waals surface area contributed by atoms with Crippen LogP contribution in [0, 0.1) is 17.8 Å². The maximum atomic E-state index is 12.3. The molecule has 0 spiro atoms. The molecular weight excluding hydrogens is 280 g/mol. The molecule has 3 rings (SSSR count). The largest absolute Gasteiger partial charge is 0.352 e. The number of hydrogen-bond donors (Lipinski definition) is 1. The molecule has 3 aliphatic rings. The Morgan fingerprint density at radius 3 is 2.18 bits per heavy atom. The van der Waals surface area contributed by atoms with Gasteiger partial charge in [0.15, 0.2) is 0 Å². The lowest BCUT2D eigenvalue weighted by Gasteiger charge is -2.27. The average molecular weight is 304 g/mol. The van der Waals surface area contributed by atoms with Crippen LogP contribution < -0.4 is 5.32 Å². The van der Waals surface area contributed by atoms with E-state index in [1.807, 2.05) is 12.2 Å². The lowest BCUT2D eigenvalue weighted by Crippen LogP contribution is -2.45. The number of imide groups is 1. The Bertz CT molecular complexity index is 480. The van der Waals surface area contributed by atoms with Gasteiger partial charge >= 0.3 is 0 Å². The van der Waals surface area contributed by atoms with Crippen LogP contribution in [-0.2, 0) is 14.4 Å². The quantitative estimate of drug-likeness (QED) is 0.636. The summed E-state index contributed by atoms with van der Waals surface area (Å²) in [5, 5.41) is 2.99. The number of allylic oxidation sites excluding steroid dienone is 2. The van der Waals surface area contributed by atoms with Crippen molar-refractivity contribution in [3.63, 3.8) is 0 Å². The van der Waals surface area contributed by atoms with Crippen LogP contribution in [-0.4, -0.2) is 35.2 Å². The number of fused-ring (bicyclic) bond motifs is 1. The summed E-state index contributed by atoms with van der Waals surface area (Å²) < 4.78 is 0. The Morgan fingerprint density at radius 2 is 1.64 bits per heavy atom. The first-order valence-electron chi connectivity index (χ1n) is 8.36. The van der Waals surface area contributed by atoms with Gasteiger partial charge in [0, 0.05) is 6.04 Å². The Morgan fingerprint density at radius 1 is 1.09 bits per heavy atom.